The topological polar surface area (TPSA) is 87.7 Å². The van der Waals surface area contributed by atoms with Crippen molar-refractivity contribution in [1.29, 1.82) is 0 Å². The Morgan fingerprint density at radius 2 is 1.50 bits per heavy atom. The Labute approximate surface area is 200 Å². The van der Waals surface area contributed by atoms with Gasteiger partial charge in [0.2, 0.25) is 0 Å². The number of amides is 1. The number of nitrogens with zero attached hydrogens (tertiary/aromatic N) is 2. The van der Waals surface area contributed by atoms with Gasteiger partial charge in [0.05, 0.1) is 16.4 Å². The average molecular weight is 465 g/mol. The lowest BCUT2D eigenvalue weighted by molar-refractivity contribution is 0.102. The molecule has 0 bridgehead atoms. The molecule has 0 saturated carbocycles. The van der Waals surface area contributed by atoms with E-state index in [-0.39, 0.29) is 5.56 Å². The van der Waals surface area contributed by atoms with E-state index in [0.717, 1.165) is 27.4 Å². The Morgan fingerprint density at radius 1 is 0.853 bits per heavy atom. The van der Waals surface area contributed by atoms with Crippen LogP contribution in [0.15, 0.2) is 95.1 Å². The van der Waals surface area contributed by atoms with Crippen molar-refractivity contribution in [2.75, 3.05) is 5.32 Å². The van der Waals surface area contributed by atoms with E-state index in [1.165, 1.54) is 0 Å². The molecule has 0 radical (unpaired) electrons. The Morgan fingerprint density at radius 3 is 2.12 bits per heavy atom. The molecular weight excluding hydrogens is 444 g/mol. The van der Waals surface area contributed by atoms with Crippen LogP contribution in [0.5, 0.6) is 0 Å². The van der Waals surface area contributed by atoms with Crippen molar-refractivity contribution < 1.29 is 4.79 Å². The third-order valence-electron chi connectivity index (χ3n) is 5.38. The van der Waals surface area contributed by atoms with Crippen LogP contribution in [0, 0.1) is 6.92 Å². The van der Waals surface area contributed by atoms with Crippen LogP contribution in [0.4, 0.5) is 5.69 Å². The van der Waals surface area contributed by atoms with Gasteiger partial charge in [0.1, 0.15) is 5.56 Å². The molecule has 0 aliphatic rings. The number of nitrogens with one attached hydrogen (secondary N) is 2. The van der Waals surface area contributed by atoms with Gasteiger partial charge in [-0.1, -0.05) is 72.8 Å². The molecule has 2 aromatic heterocycles. The summed E-state index contributed by atoms with van der Waals surface area (Å²) >= 11 is 1.59. The zero-order valence-corrected chi connectivity index (χ0v) is 19.1. The summed E-state index contributed by atoms with van der Waals surface area (Å²) < 4.78 is 0. The average Bonchev–Trinajstić information content (AvgIpc) is 3.31. The van der Waals surface area contributed by atoms with E-state index in [0.29, 0.717) is 16.9 Å². The molecule has 0 saturated heterocycles. The highest BCUT2D eigenvalue weighted by molar-refractivity contribution is 7.09. The normalized spacial score (nSPS) is 10.7. The summed E-state index contributed by atoms with van der Waals surface area (Å²) in [6.45, 7) is 1.96. The SMILES string of the molecule is Cc1nc(-c2ccc(NC(=O)c3c(-c4ccccc4)c(-c4ccccc4)n[nH]c3=O)cc2)cs1. The minimum Gasteiger partial charge on any atom is -0.322 e. The number of aromatic nitrogens is 3. The third kappa shape index (κ3) is 4.29. The van der Waals surface area contributed by atoms with Gasteiger partial charge in [-0.05, 0) is 24.6 Å². The van der Waals surface area contributed by atoms with Crippen molar-refractivity contribution in [1.82, 2.24) is 15.2 Å². The maximum absolute atomic E-state index is 13.4. The smallest absolute Gasteiger partial charge is 0.277 e. The summed E-state index contributed by atoms with van der Waals surface area (Å²) in [4.78, 5) is 30.8. The fraction of sp³-hybridized carbons (Fsp3) is 0.0370. The molecule has 2 heterocycles. The van der Waals surface area contributed by atoms with E-state index < -0.39 is 11.5 Å². The van der Waals surface area contributed by atoms with Crippen LogP contribution in [0.3, 0.4) is 0 Å². The zero-order valence-electron chi connectivity index (χ0n) is 18.3. The van der Waals surface area contributed by atoms with E-state index in [1.807, 2.05) is 85.1 Å². The van der Waals surface area contributed by atoms with Crippen molar-refractivity contribution in [3.63, 3.8) is 0 Å². The van der Waals surface area contributed by atoms with Crippen molar-refractivity contribution in [3.8, 4) is 33.6 Å². The second-order valence-electron chi connectivity index (χ2n) is 7.67. The molecular formula is C27H20N4O2S. The zero-order chi connectivity index (χ0) is 23.5. The summed E-state index contributed by atoms with van der Waals surface area (Å²) in [5.41, 5.74) is 4.45. The molecule has 0 atom stereocenters. The van der Waals surface area contributed by atoms with Crippen LogP contribution in [0.25, 0.3) is 33.6 Å². The van der Waals surface area contributed by atoms with Gasteiger partial charge in [-0.15, -0.1) is 11.3 Å². The molecule has 1 amide bonds. The van der Waals surface area contributed by atoms with Crippen molar-refractivity contribution in [2.45, 2.75) is 6.92 Å². The molecule has 0 unspecified atom stereocenters. The highest BCUT2D eigenvalue weighted by atomic mass is 32.1. The molecule has 0 spiro atoms. The summed E-state index contributed by atoms with van der Waals surface area (Å²) in [7, 11) is 0. The van der Waals surface area contributed by atoms with Crippen LogP contribution in [0.2, 0.25) is 0 Å². The first-order chi connectivity index (χ1) is 16.6. The van der Waals surface area contributed by atoms with Gasteiger partial charge < -0.3 is 5.32 Å². The number of anilines is 1. The molecule has 166 valence electrons. The largest absolute Gasteiger partial charge is 0.322 e. The van der Waals surface area contributed by atoms with Crippen molar-refractivity contribution in [2.24, 2.45) is 0 Å². The molecule has 5 aromatic rings. The number of aromatic amines is 1. The number of H-pyrrole nitrogens is 1. The summed E-state index contributed by atoms with van der Waals surface area (Å²) in [6, 6.07) is 26.2. The monoisotopic (exact) mass is 464 g/mol. The van der Waals surface area contributed by atoms with Gasteiger partial charge in [0.25, 0.3) is 11.5 Å². The fourth-order valence-corrected chi connectivity index (χ4v) is 4.39. The van der Waals surface area contributed by atoms with E-state index in [2.05, 4.69) is 20.5 Å². The number of rotatable bonds is 5. The highest BCUT2D eigenvalue weighted by Gasteiger charge is 2.23. The molecule has 7 heteroatoms. The third-order valence-corrected chi connectivity index (χ3v) is 6.15. The highest BCUT2D eigenvalue weighted by Crippen LogP contribution is 2.32. The summed E-state index contributed by atoms with van der Waals surface area (Å²) in [5, 5.41) is 12.7. The van der Waals surface area contributed by atoms with Crippen LogP contribution in [-0.2, 0) is 0 Å². The minimum absolute atomic E-state index is 0.0132. The molecule has 5 rings (SSSR count). The van der Waals surface area contributed by atoms with Crippen molar-refractivity contribution in [3.05, 3.63) is 111 Å². The number of thiazole rings is 1. The Hall–Kier alpha value is -4.36. The second kappa shape index (κ2) is 9.25. The second-order valence-corrected chi connectivity index (χ2v) is 8.73. The maximum Gasteiger partial charge on any atom is 0.277 e. The molecule has 2 N–H and O–H groups in total. The lowest BCUT2D eigenvalue weighted by atomic mass is 9.95. The Bertz CT molecular complexity index is 1510. The standard InChI is InChI=1S/C27H20N4O2S/c1-17-28-22(16-34-17)18-12-14-21(15-13-18)29-26(32)24-23(19-8-4-2-5-9-19)25(30-31-27(24)33)20-10-6-3-7-11-20/h2-16H,1H3,(H,29,32)(H,31,33). The Kier molecular flexibility index (Phi) is 5.84. The van der Waals surface area contributed by atoms with Gasteiger partial charge in [-0.25, -0.2) is 10.1 Å². The quantitative estimate of drug-likeness (QED) is 0.345. The summed E-state index contributed by atoms with van der Waals surface area (Å²) in [6.07, 6.45) is 0. The van der Waals surface area contributed by atoms with Crippen LogP contribution >= 0.6 is 11.3 Å². The first-order valence-electron chi connectivity index (χ1n) is 10.7. The number of carbonyl (C=O) groups excluding carboxylic acids is 1. The first kappa shape index (κ1) is 21.5. The van der Waals surface area contributed by atoms with Gasteiger partial charge in [0, 0.05) is 27.8 Å². The van der Waals surface area contributed by atoms with E-state index in [4.69, 9.17) is 0 Å². The maximum atomic E-state index is 13.4. The van der Waals surface area contributed by atoms with Crippen LogP contribution in [0.1, 0.15) is 15.4 Å². The van der Waals surface area contributed by atoms with Gasteiger partial charge >= 0.3 is 0 Å². The van der Waals surface area contributed by atoms with Gasteiger partial charge in [-0.3, -0.25) is 9.59 Å². The Balaban J connectivity index is 1.55. The molecule has 0 aliphatic carbocycles. The van der Waals surface area contributed by atoms with Crippen LogP contribution < -0.4 is 10.9 Å². The fourth-order valence-electron chi connectivity index (χ4n) is 3.77. The lowest BCUT2D eigenvalue weighted by Gasteiger charge is -2.14. The molecule has 6 nitrogen and oxygen atoms in total. The first-order valence-corrected chi connectivity index (χ1v) is 11.6. The predicted octanol–water partition coefficient (Wildman–Crippen LogP) is 5.79. The number of hydrogen-bond donors (Lipinski definition) is 2. The predicted molar refractivity (Wildman–Crippen MR) is 136 cm³/mol. The molecule has 0 fully saturated rings. The van der Waals surface area contributed by atoms with Gasteiger partial charge in [0.15, 0.2) is 0 Å². The van der Waals surface area contributed by atoms with E-state index in [9.17, 15) is 9.59 Å². The number of hydrogen-bond acceptors (Lipinski definition) is 5. The number of benzene rings is 3. The van der Waals surface area contributed by atoms with E-state index in [1.54, 1.807) is 23.5 Å². The minimum atomic E-state index is -0.550. The molecule has 0 aliphatic heterocycles. The number of aryl methyl sites for hydroxylation is 1. The van der Waals surface area contributed by atoms with Gasteiger partial charge in [-0.2, -0.15) is 5.10 Å². The molecule has 34 heavy (non-hydrogen) atoms. The van der Waals surface area contributed by atoms with E-state index >= 15 is 0 Å². The van der Waals surface area contributed by atoms with Crippen molar-refractivity contribution >= 4 is 22.9 Å². The summed E-state index contributed by atoms with van der Waals surface area (Å²) in [5.74, 6) is -0.503. The number of carbonyl (C=O) groups is 1. The van der Waals surface area contributed by atoms with Crippen LogP contribution in [-0.4, -0.2) is 21.1 Å². The molecule has 3 aromatic carbocycles. The lowest BCUT2D eigenvalue weighted by Crippen LogP contribution is -2.26.